The molecule has 460 valence electrons. The number of rotatable bonds is 22. The minimum atomic E-state index is -5.71. The summed E-state index contributed by atoms with van der Waals surface area (Å²) in [5.74, 6) is -5.63. The molecule has 0 N–H and O–H groups in total. The fourth-order valence-corrected chi connectivity index (χ4v) is 22.9. The summed E-state index contributed by atoms with van der Waals surface area (Å²) in [6.45, 7) is -11.4. The molecule has 9 aromatic carbocycles. The number of hydrogen-bond donors (Lipinski definition) is 0. The van der Waals surface area contributed by atoms with Crippen molar-refractivity contribution >= 4 is 87.8 Å². The van der Waals surface area contributed by atoms with Crippen molar-refractivity contribution in [2.24, 2.45) is 0 Å². The van der Waals surface area contributed by atoms with Gasteiger partial charge in [0.15, 0.2) is 0 Å². The van der Waals surface area contributed by atoms with E-state index in [4.69, 9.17) is 32.5 Å². The molecule has 0 atom stereocenters. The summed E-state index contributed by atoms with van der Waals surface area (Å²) >= 11 is 0. The zero-order valence-corrected chi connectivity index (χ0v) is 50.8. The van der Waals surface area contributed by atoms with Crippen molar-refractivity contribution in [1.82, 2.24) is 0 Å². The van der Waals surface area contributed by atoms with Gasteiger partial charge in [-0.05, 0) is 0 Å². The van der Waals surface area contributed by atoms with E-state index in [0.717, 1.165) is 28.4 Å². The topological polar surface area (TPSA) is 133 Å². The van der Waals surface area contributed by atoms with Crippen LogP contribution >= 0.6 is 13.7 Å². The second-order valence-electron chi connectivity index (χ2n) is 20.5. The Morgan fingerprint density at radius 2 is 0.567 bits per heavy atom. The van der Waals surface area contributed by atoms with Gasteiger partial charge in [0.25, 0.3) is 0 Å². The van der Waals surface area contributed by atoms with Gasteiger partial charge in [-0.15, -0.1) is 0 Å². The normalized spacial score (nSPS) is 12.5. The van der Waals surface area contributed by atoms with Crippen molar-refractivity contribution in [2.75, 3.05) is 40.8 Å². The van der Waals surface area contributed by atoms with Crippen LogP contribution in [0.25, 0.3) is 11.1 Å². The fraction of sp³-hybridized carbons (Fsp3) is 0.114. The monoisotopic (exact) mass is 1260 g/mol. The fourth-order valence-electron chi connectivity index (χ4n) is 11.5. The summed E-state index contributed by atoms with van der Waals surface area (Å²) in [6, 6.07) is 68.3. The van der Waals surface area contributed by atoms with Crippen LogP contribution in [-0.4, -0.2) is 72.0 Å². The van der Waals surface area contributed by atoms with E-state index < -0.39 is 97.6 Å². The van der Waals surface area contributed by atoms with Gasteiger partial charge in [-0.2, -0.15) is 0 Å². The molecule has 0 unspecified atom stereocenters. The molecule has 20 heteroatoms. The van der Waals surface area contributed by atoms with E-state index in [1.165, 1.54) is 0 Å². The first-order chi connectivity index (χ1) is 43.3. The van der Waals surface area contributed by atoms with Crippen LogP contribution in [0.4, 0.5) is 26.3 Å². The number of alkyl halides is 6. The van der Waals surface area contributed by atoms with Crippen molar-refractivity contribution < 1.29 is 78.0 Å². The second kappa shape index (κ2) is 27.1. The molecule has 11 nitrogen and oxygen atoms in total. The molecule has 9 aromatic rings. The molecule has 0 amide bonds. The van der Waals surface area contributed by atoms with E-state index in [-0.39, 0.29) is 28.3 Å². The van der Waals surface area contributed by atoms with Gasteiger partial charge >= 0.3 is 519 Å². The number of esters is 4. The summed E-state index contributed by atoms with van der Waals surface area (Å²) in [5.41, 5.74) is -4.32. The summed E-state index contributed by atoms with van der Waals surface area (Å²) in [4.78, 5) is 58.5. The molecule has 0 spiro atoms. The van der Waals surface area contributed by atoms with Gasteiger partial charge in [0, 0.05) is 0 Å². The third kappa shape index (κ3) is 12.5. The van der Waals surface area contributed by atoms with Crippen molar-refractivity contribution in [2.45, 2.75) is 12.4 Å². The molecule has 0 aliphatic heterocycles. The first kappa shape index (κ1) is 65.0. The van der Waals surface area contributed by atoms with Crippen molar-refractivity contribution in [3.63, 3.8) is 0 Å². The van der Waals surface area contributed by atoms with Crippen LogP contribution in [-0.2, 0) is 59.4 Å². The van der Waals surface area contributed by atoms with Gasteiger partial charge in [0.05, 0.1) is 0 Å². The zero-order valence-electron chi connectivity index (χ0n) is 49.0. The number of allylic oxidation sites excluding steroid dienone is 2. The van der Waals surface area contributed by atoms with Crippen LogP contribution in [0, 0.1) is 0 Å². The molecule has 0 radical (unpaired) electrons. The van der Waals surface area contributed by atoms with E-state index in [2.05, 4.69) is 0 Å². The Morgan fingerprint density at radius 1 is 0.344 bits per heavy atom. The van der Waals surface area contributed by atoms with Gasteiger partial charge in [0.2, 0.25) is 0 Å². The summed E-state index contributed by atoms with van der Waals surface area (Å²) in [5, 5.41) is 1.77. The first-order valence-corrected chi connectivity index (χ1v) is 32.6. The third-order valence-corrected chi connectivity index (χ3v) is 27.0. The van der Waals surface area contributed by atoms with Crippen LogP contribution in [0.15, 0.2) is 272 Å². The summed E-state index contributed by atoms with van der Waals surface area (Å²) < 4.78 is 137. The van der Waals surface area contributed by atoms with E-state index in [1.54, 1.807) is 243 Å². The predicted octanol–water partition coefficient (Wildman–Crippen LogP) is 12.6. The predicted molar refractivity (Wildman–Crippen MR) is 340 cm³/mol. The van der Waals surface area contributed by atoms with Crippen LogP contribution in [0.5, 0.6) is 5.75 Å². The Bertz CT molecular complexity index is 3560. The average Bonchev–Trinajstić information content (AvgIpc) is 0.689. The Balaban J connectivity index is 1.59. The van der Waals surface area contributed by atoms with Crippen LogP contribution in [0.3, 0.4) is 0 Å². The van der Waals surface area contributed by atoms with Gasteiger partial charge in [-0.3, -0.25) is 0 Å². The third-order valence-electron chi connectivity index (χ3n) is 15.6. The van der Waals surface area contributed by atoms with E-state index in [1.807, 2.05) is 0 Å². The zero-order chi connectivity index (χ0) is 64.2. The number of carbonyl (C=O) groups excluding carboxylic acids is 4. The van der Waals surface area contributed by atoms with E-state index in [9.17, 15) is 19.2 Å². The quantitative estimate of drug-likeness (QED) is 0.00938. The Morgan fingerprint density at radius 3 is 0.778 bits per heavy atom. The summed E-state index contributed by atoms with van der Waals surface area (Å²) in [6.07, 6.45) is -12.0. The van der Waals surface area contributed by atoms with E-state index >= 15 is 26.3 Å². The maximum atomic E-state index is 15.4. The average molecular weight is 1260 g/mol. The number of methoxy groups -OCH3 is 4. The molecular formula is C70H59BF6O11P2. The molecular weight excluding hydrogens is 1200 g/mol. The molecule has 0 bridgehead atoms. The van der Waals surface area contributed by atoms with Gasteiger partial charge < -0.3 is 0 Å². The Hall–Kier alpha value is -9.44. The molecule has 0 aromatic heterocycles. The molecule has 0 saturated carbocycles. The Labute approximate surface area is 516 Å². The number of halogens is 6. The van der Waals surface area contributed by atoms with Gasteiger partial charge in [-0.1, -0.05) is 0 Å². The molecule has 0 heterocycles. The molecule has 0 aliphatic carbocycles. The van der Waals surface area contributed by atoms with Crippen LogP contribution < -0.4 is 36.5 Å². The van der Waals surface area contributed by atoms with Crippen LogP contribution in [0.1, 0.15) is 22.3 Å². The standard InChI is InChI=1S/C70H59BF6O11P2/c1-82-65(78)63(66(79)83-2)61(50-29-13-5-14-30-50)48-89(55-33-17-7-18-34-55,56-35-19-8-20-36-56,57-37-21-9-22-38-57)87-71(86-54-46-52(69(72,73)74)45-53(47-54)70(75,76)77)88-90(58-39-23-10-24-40-58,59-41-25-11-26-42-59,60-43-27-12-28-44-60)49-62(51-31-15-6-16-32-51)64(67(80)84-3)68(81)85-4/h5-47H,48-49H2,1-4H3. The van der Waals surface area contributed by atoms with Crippen LogP contribution in [0.2, 0.25) is 0 Å². The maximum absolute atomic E-state index is 15.4. The molecule has 90 heavy (non-hydrogen) atoms. The molecule has 0 fully saturated rings. The molecule has 0 saturated heterocycles. The van der Waals surface area contributed by atoms with Crippen molar-refractivity contribution in [3.8, 4) is 5.75 Å². The number of benzene rings is 9. The number of carbonyl (C=O) groups is 4. The molecule has 0 aliphatic rings. The second-order valence-corrected chi connectivity index (χ2v) is 29.5. The van der Waals surface area contributed by atoms with E-state index in [0.29, 0.717) is 44.0 Å². The van der Waals surface area contributed by atoms with Crippen molar-refractivity contribution in [3.05, 3.63) is 294 Å². The van der Waals surface area contributed by atoms with Gasteiger partial charge in [0.1, 0.15) is 0 Å². The number of hydrogen-bond acceptors (Lipinski definition) is 11. The molecule has 9 rings (SSSR count). The first-order valence-electron chi connectivity index (χ1n) is 27.9. The summed E-state index contributed by atoms with van der Waals surface area (Å²) in [7, 11) is 1.67. The minimum absolute atomic E-state index is 0.0460. The SMILES string of the molecule is COC(=O)C(C(=O)OC)=C(CP(OB(Oc1cc(C(F)(F)F)cc(C(F)(F)F)c1)OP(CC(=C(C(=O)OC)C(=O)OC)c1ccccc1)(c1ccccc1)(c1ccccc1)c1ccccc1)(c1ccccc1)(c1ccccc1)c1ccccc1)c1ccccc1. The Kier molecular flexibility index (Phi) is 19.6. The van der Waals surface area contributed by atoms with Crippen molar-refractivity contribution in [1.29, 1.82) is 0 Å². The number of ether oxygens (including phenoxy) is 4. The van der Waals surface area contributed by atoms with Gasteiger partial charge in [-0.25, -0.2) is 0 Å².